The third-order valence-corrected chi connectivity index (χ3v) is 2.79. The van der Waals surface area contributed by atoms with Gasteiger partial charge >= 0.3 is 0 Å². The number of hydrogen-bond donors (Lipinski definition) is 0. The van der Waals surface area contributed by atoms with Gasteiger partial charge < -0.3 is 4.74 Å². The van der Waals surface area contributed by atoms with Crippen LogP contribution in [0.4, 0.5) is 0 Å². The van der Waals surface area contributed by atoms with E-state index in [2.05, 4.69) is 8.58 Å². The molecule has 2 rings (SSSR count). The fourth-order valence-electron chi connectivity index (χ4n) is 1.73. The largest absolute Gasteiger partial charge is 0.485 e. The minimum atomic E-state index is -0.356. The van der Waals surface area contributed by atoms with E-state index in [1.807, 2.05) is 42.5 Å². The van der Waals surface area contributed by atoms with Crippen LogP contribution in [0.2, 0.25) is 0 Å². The summed E-state index contributed by atoms with van der Waals surface area (Å²) in [4.78, 5) is 0. The minimum Gasteiger partial charge on any atom is -0.485 e. The number of fused-ring (bicyclic) bond motifs is 1. The average molecular weight is 287 g/mol. The third kappa shape index (κ3) is 3.27. The van der Waals surface area contributed by atoms with Crippen molar-refractivity contribution in [3.8, 4) is 5.75 Å². The molecule has 18 heavy (non-hydrogen) atoms. The van der Waals surface area contributed by atoms with Crippen molar-refractivity contribution in [1.82, 2.24) is 0 Å². The molecule has 2 aromatic carbocycles. The van der Waals surface area contributed by atoms with Crippen LogP contribution in [0, 0.1) is 0 Å². The summed E-state index contributed by atoms with van der Waals surface area (Å²) in [5.74, 6) is 0.750. The quantitative estimate of drug-likeness (QED) is 0.805. The van der Waals surface area contributed by atoms with Crippen LogP contribution in [-0.2, 0) is 8.58 Å². The van der Waals surface area contributed by atoms with Crippen molar-refractivity contribution < 1.29 is 13.3 Å². The minimum absolute atomic E-state index is 0.192. The van der Waals surface area contributed by atoms with Gasteiger partial charge in [0.1, 0.15) is 25.1 Å². The Morgan fingerprint density at radius 2 is 1.56 bits per heavy atom. The lowest BCUT2D eigenvalue weighted by Crippen LogP contribution is -2.26. The van der Waals surface area contributed by atoms with E-state index in [9.17, 15) is 0 Å². The highest BCUT2D eigenvalue weighted by atomic mass is 35.5. The monoisotopic (exact) mass is 286 g/mol. The van der Waals surface area contributed by atoms with Gasteiger partial charge in [0.25, 0.3) is 0 Å². The standard InChI is InChI=1S/C13H12Cl2O3/c14-16-8-11(9-17-15)18-13-7-3-5-10-4-1-2-6-12(10)13/h1-7,11H,8-9H2. The zero-order chi connectivity index (χ0) is 12.8. The Labute approximate surface area is 115 Å². The first-order chi connectivity index (χ1) is 8.85. The van der Waals surface area contributed by atoms with Gasteiger partial charge in [-0.25, -0.2) is 0 Å². The van der Waals surface area contributed by atoms with Gasteiger partial charge in [-0.15, -0.1) is 0 Å². The molecule has 0 saturated carbocycles. The maximum Gasteiger partial charge on any atom is 0.149 e. The number of rotatable bonds is 6. The SMILES string of the molecule is ClOCC(COCl)Oc1cccc2ccccc12. The van der Waals surface area contributed by atoms with Crippen LogP contribution in [0.3, 0.4) is 0 Å². The first-order valence-corrected chi connectivity index (χ1v) is 6.08. The molecule has 0 aliphatic carbocycles. The van der Waals surface area contributed by atoms with Gasteiger partial charge in [-0.05, 0) is 11.5 Å². The van der Waals surface area contributed by atoms with Crippen molar-refractivity contribution in [3.05, 3.63) is 42.5 Å². The van der Waals surface area contributed by atoms with Gasteiger partial charge in [0.15, 0.2) is 0 Å². The zero-order valence-electron chi connectivity index (χ0n) is 9.51. The van der Waals surface area contributed by atoms with Crippen LogP contribution in [0.5, 0.6) is 5.75 Å². The Morgan fingerprint density at radius 3 is 2.28 bits per heavy atom. The molecule has 0 unspecified atom stereocenters. The molecule has 2 aromatic rings. The molecular formula is C13H12Cl2O3. The first kappa shape index (κ1) is 13.4. The van der Waals surface area contributed by atoms with Crippen LogP contribution in [0.15, 0.2) is 42.5 Å². The lowest BCUT2D eigenvalue weighted by atomic mass is 10.1. The maximum absolute atomic E-state index is 5.79. The molecule has 0 fully saturated rings. The van der Waals surface area contributed by atoms with Gasteiger partial charge in [-0.3, -0.25) is 8.58 Å². The van der Waals surface area contributed by atoms with Crippen molar-refractivity contribution in [2.45, 2.75) is 6.10 Å². The molecule has 0 radical (unpaired) electrons. The van der Waals surface area contributed by atoms with E-state index in [0.717, 1.165) is 16.5 Å². The normalized spacial score (nSPS) is 11.1. The molecule has 0 spiro atoms. The van der Waals surface area contributed by atoms with Crippen molar-refractivity contribution in [2.24, 2.45) is 0 Å². The molecule has 0 heterocycles. The van der Waals surface area contributed by atoms with Crippen LogP contribution < -0.4 is 4.74 Å². The third-order valence-electron chi connectivity index (χ3n) is 2.54. The highest BCUT2D eigenvalue weighted by Gasteiger charge is 2.13. The summed E-state index contributed by atoms with van der Waals surface area (Å²) in [6.07, 6.45) is -0.356. The summed E-state index contributed by atoms with van der Waals surface area (Å²) >= 11 is 10.5. The zero-order valence-corrected chi connectivity index (χ0v) is 11.0. The smallest absolute Gasteiger partial charge is 0.149 e. The fourth-order valence-corrected chi connectivity index (χ4v) is 2.02. The van der Waals surface area contributed by atoms with Crippen molar-refractivity contribution in [3.63, 3.8) is 0 Å². The van der Waals surface area contributed by atoms with Crippen LogP contribution >= 0.6 is 23.7 Å². The van der Waals surface area contributed by atoms with Gasteiger partial charge in [0.2, 0.25) is 0 Å². The van der Waals surface area contributed by atoms with E-state index < -0.39 is 0 Å². The van der Waals surface area contributed by atoms with Gasteiger partial charge in [-0.1, -0.05) is 36.4 Å². The average Bonchev–Trinajstić information content (AvgIpc) is 2.40. The second-order valence-electron chi connectivity index (χ2n) is 3.77. The molecular weight excluding hydrogens is 275 g/mol. The van der Waals surface area contributed by atoms with Crippen LogP contribution in [0.1, 0.15) is 0 Å². The summed E-state index contributed by atoms with van der Waals surface area (Å²) in [5, 5.41) is 2.13. The van der Waals surface area contributed by atoms with Gasteiger partial charge in [0, 0.05) is 5.39 Å². The Kier molecular flexibility index (Phi) is 5.08. The molecule has 0 N–H and O–H groups in total. The highest BCUT2D eigenvalue weighted by molar-refractivity contribution is 6.07. The fraction of sp³-hybridized carbons (Fsp3) is 0.231. The molecule has 0 bridgehead atoms. The number of halogens is 2. The summed E-state index contributed by atoms with van der Waals surface area (Å²) in [5.41, 5.74) is 0. The molecule has 0 atom stereocenters. The van der Waals surface area contributed by atoms with Gasteiger partial charge in [0.05, 0.1) is 23.7 Å². The van der Waals surface area contributed by atoms with Crippen molar-refractivity contribution in [2.75, 3.05) is 13.2 Å². The number of ether oxygens (including phenoxy) is 1. The Morgan fingerprint density at radius 1 is 0.889 bits per heavy atom. The second-order valence-corrected chi connectivity index (χ2v) is 4.21. The van der Waals surface area contributed by atoms with E-state index in [4.69, 9.17) is 28.5 Å². The Hall–Kier alpha value is -1.00. The molecule has 96 valence electrons. The molecule has 0 aliphatic heterocycles. The lowest BCUT2D eigenvalue weighted by Gasteiger charge is -2.17. The predicted octanol–water partition coefficient (Wildman–Crippen LogP) is 3.93. The second kappa shape index (κ2) is 6.81. The summed E-state index contributed by atoms with van der Waals surface area (Å²) < 4.78 is 14.9. The topological polar surface area (TPSA) is 27.7 Å². The van der Waals surface area contributed by atoms with E-state index in [1.54, 1.807) is 0 Å². The summed E-state index contributed by atoms with van der Waals surface area (Å²) in [6, 6.07) is 13.8. The molecule has 0 amide bonds. The molecule has 0 saturated heterocycles. The van der Waals surface area contributed by atoms with Crippen molar-refractivity contribution in [1.29, 1.82) is 0 Å². The summed E-state index contributed by atoms with van der Waals surface area (Å²) in [7, 11) is 0. The molecule has 3 nitrogen and oxygen atoms in total. The van der Waals surface area contributed by atoms with Crippen LogP contribution in [0.25, 0.3) is 10.8 Å². The van der Waals surface area contributed by atoms with E-state index >= 15 is 0 Å². The van der Waals surface area contributed by atoms with Gasteiger partial charge in [-0.2, -0.15) is 0 Å². The van der Waals surface area contributed by atoms with E-state index in [-0.39, 0.29) is 19.3 Å². The number of benzene rings is 2. The highest BCUT2D eigenvalue weighted by Crippen LogP contribution is 2.26. The predicted molar refractivity (Wildman–Crippen MR) is 72.0 cm³/mol. The van der Waals surface area contributed by atoms with E-state index in [0.29, 0.717) is 0 Å². The Balaban J connectivity index is 2.24. The van der Waals surface area contributed by atoms with Crippen molar-refractivity contribution >= 4 is 34.5 Å². The summed E-state index contributed by atoms with van der Waals surface area (Å²) in [6.45, 7) is 0.384. The van der Waals surface area contributed by atoms with E-state index in [1.165, 1.54) is 0 Å². The molecule has 5 heteroatoms. The maximum atomic E-state index is 5.79. The molecule has 0 aromatic heterocycles. The lowest BCUT2D eigenvalue weighted by molar-refractivity contribution is 0.0908. The Bertz CT molecular complexity index is 493. The number of hydrogen-bond acceptors (Lipinski definition) is 3. The molecule has 0 aliphatic rings. The van der Waals surface area contributed by atoms with Crippen LogP contribution in [-0.4, -0.2) is 19.3 Å². The first-order valence-electron chi connectivity index (χ1n) is 5.46.